The molecule has 7 unspecified atom stereocenters. The molecule has 3 aliphatic rings. The van der Waals surface area contributed by atoms with Gasteiger partial charge < -0.3 is 29.5 Å². The Morgan fingerprint density at radius 1 is 1.44 bits per heavy atom. The Morgan fingerprint density at radius 2 is 2.15 bits per heavy atom. The summed E-state index contributed by atoms with van der Waals surface area (Å²) in [6, 6.07) is 0. The summed E-state index contributed by atoms with van der Waals surface area (Å²) in [4.78, 5) is 12.2. The number of rotatable bonds is 5. The van der Waals surface area contributed by atoms with Gasteiger partial charge in [-0.2, -0.15) is 0 Å². The van der Waals surface area contributed by atoms with Gasteiger partial charge in [0.15, 0.2) is 5.79 Å². The van der Waals surface area contributed by atoms with E-state index in [4.69, 9.17) is 14.2 Å². The van der Waals surface area contributed by atoms with E-state index in [1.807, 2.05) is 0 Å². The SMILES string of the molecule is C=C1C(=O)OC2C=C(CO)C3(O)CC(O)C(C)(CC(OCC(C)CC)C12)O3. The highest BCUT2D eigenvalue weighted by Crippen LogP contribution is 2.48. The van der Waals surface area contributed by atoms with Crippen molar-refractivity contribution in [3.05, 3.63) is 23.8 Å². The van der Waals surface area contributed by atoms with Crippen molar-refractivity contribution in [3.8, 4) is 0 Å². The van der Waals surface area contributed by atoms with Crippen LogP contribution in [-0.2, 0) is 19.0 Å². The Morgan fingerprint density at radius 3 is 2.78 bits per heavy atom. The van der Waals surface area contributed by atoms with E-state index in [-0.39, 0.29) is 18.4 Å². The van der Waals surface area contributed by atoms with Crippen LogP contribution in [0.1, 0.15) is 40.0 Å². The zero-order valence-corrected chi connectivity index (χ0v) is 16.2. The molecule has 0 saturated carbocycles. The van der Waals surface area contributed by atoms with Crippen LogP contribution in [0, 0.1) is 11.8 Å². The quantitative estimate of drug-likeness (QED) is 0.371. The molecular formula is C20H30O7. The number of hydrogen-bond acceptors (Lipinski definition) is 7. The molecular weight excluding hydrogens is 352 g/mol. The third-order valence-corrected chi connectivity index (χ3v) is 6.17. The first-order valence-electron chi connectivity index (χ1n) is 9.57. The molecule has 0 spiro atoms. The average Bonchev–Trinajstić information content (AvgIpc) is 3.02. The number of carbonyl (C=O) groups excluding carboxylic acids is 1. The van der Waals surface area contributed by atoms with Gasteiger partial charge in [-0.15, -0.1) is 0 Å². The molecule has 3 rings (SSSR count). The normalized spacial score (nSPS) is 42.7. The number of esters is 1. The standard InChI is InChI=1S/C20H30O7/c1-5-11(2)10-25-15-7-19(4)16(22)8-20(24,27-19)13(9-21)6-14-17(15)12(3)18(23)26-14/h6,11,14-17,21-22,24H,3,5,7-10H2,1-2,4H3. The Kier molecular flexibility index (Phi) is 5.53. The molecule has 3 heterocycles. The highest BCUT2D eigenvalue weighted by atomic mass is 16.7. The second kappa shape index (κ2) is 7.29. The topological polar surface area (TPSA) is 105 Å². The van der Waals surface area contributed by atoms with Crippen molar-refractivity contribution in [1.29, 1.82) is 0 Å². The summed E-state index contributed by atoms with van der Waals surface area (Å²) >= 11 is 0. The Bertz CT molecular complexity index is 644. The summed E-state index contributed by atoms with van der Waals surface area (Å²) in [5.41, 5.74) is -0.625. The van der Waals surface area contributed by atoms with Crippen molar-refractivity contribution < 1.29 is 34.3 Å². The average molecular weight is 382 g/mol. The zero-order valence-electron chi connectivity index (χ0n) is 16.2. The van der Waals surface area contributed by atoms with E-state index in [9.17, 15) is 20.1 Å². The van der Waals surface area contributed by atoms with Crippen molar-refractivity contribution >= 4 is 5.97 Å². The highest BCUT2D eigenvalue weighted by Gasteiger charge is 2.58. The molecule has 27 heavy (non-hydrogen) atoms. The lowest BCUT2D eigenvalue weighted by atomic mass is 9.80. The van der Waals surface area contributed by atoms with Crippen molar-refractivity contribution in [3.63, 3.8) is 0 Å². The summed E-state index contributed by atoms with van der Waals surface area (Å²) in [7, 11) is 0. The number of hydrogen-bond donors (Lipinski definition) is 3. The van der Waals surface area contributed by atoms with Crippen LogP contribution in [0.2, 0.25) is 0 Å². The highest BCUT2D eigenvalue weighted by molar-refractivity contribution is 5.91. The fourth-order valence-electron chi connectivity index (χ4n) is 4.13. The van der Waals surface area contributed by atoms with Gasteiger partial charge in [0.2, 0.25) is 0 Å². The van der Waals surface area contributed by atoms with E-state index >= 15 is 0 Å². The first kappa shape index (κ1) is 20.5. The lowest BCUT2D eigenvalue weighted by molar-refractivity contribution is -0.211. The van der Waals surface area contributed by atoms with E-state index in [0.29, 0.717) is 18.1 Å². The van der Waals surface area contributed by atoms with Crippen LogP contribution in [-0.4, -0.2) is 64.2 Å². The largest absolute Gasteiger partial charge is 0.454 e. The van der Waals surface area contributed by atoms with Crippen LogP contribution < -0.4 is 0 Å². The second-order valence-electron chi connectivity index (χ2n) is 8.28. The molecule has 0 aromatic carbocycles. The van der Waals surface area contributed by atoms with Crippen LogP contribution in [0.5, 0.6) is 0 Å². The summed E-state index contributed by atoms with van der Waals surface area (Å²) in [6.07, 6.45) is 0.513. The monoisotopic (exact) mass is 382 g/mol. The third-order valence-electron chi connectivity index (χ3n) is 6.17. The molecule has 3 N–H and O–H groups in total. The van der Waals surface area contributed by atoms with Crippen LogP contribution in [0.15, 0.2) is 23.8 Å². The maximum atomic E-state index is 12.2. The van der Waals surface area contributed by atoms with Gasteiger partial charge in [-0.05, 0) is 18.9 Å². The molecule has 7 nitrogen and oxygen atoms in total. The van der Waals surface area contributed by atoms with Gasteiger partial charge in [0.05, 0.1) is 30.3 Å². The summed E-state index contributed by atoms with van der Waals surface area (Å²) in [6.45, 7) is 9.74. The van der Waals surface area contributed by atoms with Crippen LogP contribution in [0.3, 0.4) is 0 Å². The van der Waals surface area contributed by atoms with Gasteiger partial charge in [-0.3, -0.25) is 0 Å². The first-order chi connectivity index (χ1) is 12.6. The van der Waals surface area contributed by atoms with E-state index in [1.165, 1.54) is 6.08 Å². The Balaban J connectivity index is 2.02. The first-order valence-corrected chi connectivity index (χ1v) is 9.57. The van der Waals surface area contributed by atoms with E-state index in [1.54, 1.807) is 6.92 Å². The fourth-order valence-corrected chi connectivity index (χ4v) is 4.13. The minimum Gasteiger partial charge on any atom is -0.454 e. The van der Waals surface area contributed by atoms with Gasteiger partial charge in [0, 0.05) is 30.6 Å². The van der Waals surface area contributed by atoms with Gasteiger partial charge in [-0.25, -0.2) is 4.79 Å². The van der Waals surface area contributed by atoms with Crippen LogP contribution in [0.4, 0.5) is 0 Å². The summed E-state index contributed by atoms with van der Waals surface area (Å²) < 4.78 is 17.5. The molecule has 2 saturated heterocycles. The predicted molar refractivity (Wildman–Crippen MR) is 96.6 cm³/mol. The van der Waals surface area contributed by atoms with E-state index in [2.05, 4.69) is 20.4 Å². The number of aliphatic hydroxyl groups excluding tert-OH is 2. The maximum Gasteiger partial charge on any atom is 0.334 e. The second-order valence-corrected chi connectivity index (χ2v) is 8.28. The number of fused-ring (bicyclic) bond motifs is 3. The minimum absolute atomic E-state index is 0.0692. The molecule has 0 aromatic rings. The smallest absolute Gasteiger partial charge is 0.334 e. The van der Waals surface area contributed by atoms with Gasteiger partial charge >= 0.3 is 5.97 Å². The van der Waals surface area contributed by atoms with Crippen molar-refractivity contribution in [2.75, 3.05) is 13.2 Å². The summed E-state index contributed by atoms with van der Waals surface area (Å²) in [5.74, 6) is -2.47. The molecule has 3 aliphatic heterocycles. The number of aliphatic hydroxyl groups is 3. The molecule has 7 atom stereocenters. The van der Waals surface area contributed by atoms with E-state index < -0.39 is 48.2 Å². The lowest BCUT2D eigenvalue weighted by Crippen LogP contribution is -2.44. The molecule has 0 radical (unpaired) electrons. The number of carbonyl (C=O) groups is 1. The van der Waals surface area contributed by atoms with Crippen molar-refractivity contribution in [1.82, 2.24) is 0 Å². The molecule has 7 heteroatoms. The van der Waals surface area contributed by atoms with Crippen LogP contribution in [0.25, 0.3) is 0 Å². The molecule has 152 valence electrons. The predicted octanol–water partition coefficient (Wildman–Crippen LogP) is 1.07. The number of ether oxygens (including phenoxy) is 3. The van der Waals surface area contributed by atoms with E-state index in [0.717, 1.165) is 6.42 Å². The van der Waals surface area contributed by atoms with Gasteiger partial charge in [0.25, 0.3) is 0 Å². The van der Waals surface area contributed by atoms with Gasteiger partial charge in [-0.1, -0.05) is 26.8 Å². The molecule has 0 amide bonds. The van der Waals surface area contributed by atoms with Gasteiger partial charge in [0.1, 0.15) is 6.10 Å². The van der Waals surface area contributed by atoms with Crippen molar-refractivity contribution in [2.24, 2.45) is 11.8 Å². The minimum atomic E-state index is -1.81. The van der Waals surface area contributed by atoms with Crippen LogP contribution >= 0.6 is 0 Å². The van der Waals surface area contributed by atoms with Crippen molar-refractivity contribution in [2.45, 2.75) is 69.7 Å². The maximum absolute atomic E-state index is 12.2. The zero-order chi connectivity index (χ0) is 20.0. The summed E-state index contributed by atoms with van der Waals surface area (Å²) in [5, 5.41) is 31.3. The fraction of sp³-hybridized carbons (Fsp3) is 0.750. The third kappa shape index (κ3) is 3.59. The molecule has 2 fully saturated rings. The Hall–Kier alpha value is -1.25. The Labute approximate surface area is 159 Å². The molecule has 0 aromatic heterocycles. The lowest BCUT2D eigenvalue weighted by Gasteiger charge is -2.35. The molecule has 2 bridgehead atoms. The molecule has 0 aliphatic carbocycles.